The number of ether oxygens (including phenoxy) is 1. The smallest absolute Gasteiger partial charge is 0.285 e. The number of aryl methyl sites for hydroxylation is 1. The number of benzene rings is 1. The largest absolute Gasteiger partial charge is 0.382 e. The molecule has 0 saturated heterocycles. The first-order valence-corrected chi connectivity index (χ1v) is 6.23. The van der Waals surface area contributed by atoms with E-state index >= 15 is 0 Å². The molecule has 1 atom stereocenters. The summed E-state index contributed by atoms with van der Waals surface area (Å²) in [6.07, 6.45) is 0. The second kappa shape index (κ2) is 5.58. The minimum atomic E-state index is -0.935. The quantitative estimate of drug-likeness (QED) is 0.659. The number of nitrogens with zero attached hydrogens (tertiary/aromatic N) is 3. The number of nitro groups is 1. The maximum absolute atomic E-state index is 11.2. The summed E-state index contributed by atoms with van der Waals surface area (Å²) >= 11 is 0. The molecule has 0 spiro atoms. The maximum atomic E-state index is 11.2. The van der Waals surface area contributed by atoms with Crippen molar-refractivity contribution in [3.8, 4) is 11.5 Å². The predicted octanol–water partition coefficient (Wildman–Crippen LogP) is 1.77. The topological polar surface area (TPSA) is 117 Å². The van der Waals surface area contributed by atoms with Gasteiger partial charge in [0.05, 0.1) is 11.5 Å². The van der Waals surface area contributed by atoms with Gasteiger partial charge in [-0.05, 0) is 19.9 Å². The monoisotopic (exact) mass is 292 g/mol. The average Bonchev–Trinajstić information content (AvgIpc) is 2.88. The normalized spacial score (nSPS) is 13.9. The van der Waals surface area contributed by atoms with E-state index in [2.05, 4.69) is 10.1 Å². The summed E-state index contributed by atoms with van der Waals surface area (Å²) in [6, 6.07) is 4.90. The van der Waals surface area contributed by atoms with Crippen LogP contribution >= 0.6 is 0 Å². The standard InChI is InChI=1S/C13H16N4O4/c1-8-5-4-6-9(10(8)17(18)19)11-15-12(16-21-11)13(2,14)7-20-3/h4-6H,7,14H2,1-3H3. The van der Waals surface area contributed by atoms with Crippen LogP contribution in [0.25, 0.3) is 11.5 Å². The van der Waals surface area contributed by atoms with Gasteiger partial charge in [-0.3, -0.25) is 10.1 Å². The third-order valence-corrected chi connectivity index (χ3v) is 3.03. The Hall–Kier alpha value is -2.32. The molecule has 1 heterocycles. The molecule has 0 amide bonds. The highest BCUT2D eigenvalue weighted by Crippen LogP contribution is 2.32. The first-order chi connectivity index (χ1) is 9.86. The molecule has 8 heteroatoms. The van der Waals surface area contributed by atoms with Crippen molar-refractivity contribution in [2.24, 2.45) is 5.73 Å². The van der Waals surface area contributed by atoms with Crippen LogP contribution in [0.2, 0.25) is 0 Å². The zero-order chi connectivity index (χ0) is 15.6. The van der Waals surface area contributed by atoms with Gasteiger partial charge in [0.15, 0.2) is 5.82 Å². The van der Waals surface area contributed by atoms with Crippen molar-refractivity contribution in [1.29, 1.82) is 0 Å². The van der Waals surface area contributed by atoms with Crippen molar-refractivity contribution in [3.63, 3.8) is 0 Å². The minimum absolute atomic E-state index is 0.0573. The Balaban J connectivity index is 2.48. The van der Waals surface area contributed by atoms with Gasteiger partial charge in [0, 0.05) is 12.7 Å². The van der Waals surface area contributed by atoms with E-state index < -0.39 is 10.5 Å². The Kier molecular flexibility index (Phi) is 4.01. The molecule has 0 bridgehead atoms. The van der Waals surface area contributed by atoms with Crippen LogP contribution in [0.15, 0.2) is 22.7 Å². The highest BCUT2D eigenvalue weighted by Gasteiger charge is 2.30. The molecule has 0 radical (unpaired) electrons. The zero-order valence-corrected chi connectivity index (χ0v) is 12.0. The van der Waals surface area contributed by atoms with Crippen molar-refractivity contribution in [3.05, 3.63) is 39.7 Å². The summed E-state index contributed by atoms with van der Waals surface area (Å²) in [5.74, 6) is 0.295. The Labute approximate surface area is 121 Å². The molecule has 112 valence electrons. The molecule has 0 fully saturated rings. The molecular formula is C13H16N4O4. The maximum Gasteiger partial charge on any atom is 0.285 e. The molecule has 8 nitrogen and oxygen atoms in total. The second-order valence-electron chi connectivity index (χ2n) is 5.00. The fraction of sp³-hybridized carbons (Fsp3) is 0.385. The van der Waals surface area contributed by atoms with E-state index in [1.807, 2.05) is 0 Å². The third kappa shape index (κ3) is 2.91. The summed E-state index contributed by atoms with van der Waals surface area (Å²) in [7, 11) is 1.51. The van der Waals surface area contributed by atoms with E-state index in [0.29, 0.717) is 5.56 Å². The van der Waals surface area contributed by atoms with E-state index in [0.717, 1.165) is 0 Å². The van der Waals surface area contributed by atoms with Crippen molar-refractivity contribution in [1.82, 2.24) is 10.1 Å². The number of aromatic nitrogens is 2. The Morgan fingerprint density at radius 3 is 2.86 bits per heavy atom. The molecule has 1 aromatic carbocycles. The molecule has 1 aromatic heterocycles. The molecule has 2 rings (SSSR count). The first kappa shape index (κ1) is 15.1. The number of hydrogen-bond donors (Lipinski definition) is 1. The Morgan fingerprint density at radius 1 is 1.52 bits per heavy atom. The fourth-order valence-corrected chi connectivity index (χ4v) is 2.00. The Bertz CT molecular complexity index is 666. The van der Waals surface area contributed by atoms with E-state index in [4.69, 9.17) is 15.0 Å². The second-order valence-corrected chi connectivity index (χ2v) is 5.00. The molecule has 21 heavy (non-hydrogen) atoms. The number of para-hydroxylation sites is 1. The van der Waals surface area contributed by atoms with Gasteiger partial charge in [0.25, 0.3) is 11.6 Å². The number of nitrogens with two attached hydrogens (primary N) is 1. The predicted molar refractivity (Wildman–Crippen MR) is 74.5 cm³/mol. The lowest BCUT2D eigenvalue weighted by atomic mass is 10.0. The summed E-state index contributed by atoms with van der Waals surface area (Å²) in [6.45, 7) is 3.54. The number of methoxy groups -OCH3 is 1. The van der Waals surface area contributed by atoms with Crippen LogP contribution in [-0.4, -0.2) is 28.8 Å². The van der Waals surface area contributed by atoms with Gasteiger partial charge in [-0.25, -0.2) is 0 Å². The molecule has 2 N–H and O–H groups in total. The average molecular weight is 292 g/mol. The van der Waals surface area contributed by atoms with E-state index in [9.17, 15) is 10.1 Å². The molecule has 0 aliphatic carbocycles. The van der Waals surface area contributed by atoms with Crippen molar-refractivity contribution < 1.29 is 14.2 Å². The summed E-state index contributed by atoms with van der Waals surface area (Å²) < 4.78 is 10.1. The SMILES string of the molecule is COCC(C)(N)c1noc(-c2cccc(C)c2[N+](=O)[O-])n1. The van der Waals surface area contributed by atoms with Crippen LogP contribution in [0.3, 0.4) is 0 Å². The summed E-state index contributed by atoms with van der Waals surface area (Å²) in [5.41, 5.74) is 5.82. The molecule has 0 aliphatic heterocycles. The van der Waals surface area contributed by atoms with Crippen molar-refractivity contribution in [2.75, 3.05) is 13.7 Å². The fourth-order valence-electron chi connectivity index (χ4n) is 2.00. The molecule has 1 unspecified atom stereocenters. The van der Waals surface area contributed by atoms with Gasteiger partial charge in [-0.15, -0.1) is 0 Å². The lowest BCUT2D eigenvalue weighted by Gasteiger charge is -2.18. The van der Waals surface area contributed by atoms with Crippen molar-refractivity contribution >= 4 is 5.69 Å². The highest BCUT2D eigenvalue weighted by atomic mass is 16.6. The van der Waals surface area contributed by atoms with Crippen LogP contribution in [-0.2, 0) is 10.3 Å². The van der Waals surface area contributed by atoms with Crippen LogP contribution < -0.4 is 5.73 Å². The molecule has 2 aromatic rings. The van der Waals surface area contributed by atoms with E-state index in [1.165, 1.54) is 7.11 Å². The van der Waals surface area contributed by atoms with Crippen LogP contribution in [0.5, 0.6) is 0 Å². The lowest BCUT2D eigenvalue weighted by Crippen LogP contribution is -2.38. The molecular weight excluding hydrogens is 276 g/mol. The highest BCUT2D eigenvalue weighted by molar-refractivity contribution is 5.69. The summed E-state index contributed by atoms with van der Waals surface area (Å²) in [4.78, 5) is 14.9. The van der Waals surface area contributed by atoms with Crippen LogP contribution in [0.4, 0.5) is 5.69 Å². The van der Waals surface area contributed by atoms with Gasteiger partial charge in [-0.2, -0.15) is 4.98 Å². The number of hydrogen-bond acceptors (Lipinski definition) is 7. The summed E-state index contributed by atoms with van der Waals surface area (Å²) in [5, 5.41) is 15.0. The molecule has 0 aliphatic rings. The number of nitro benzene ring substituents is 1. The van der Waals surface area contributed by atoms with Gasteiger partial charge in [0.1, 0.15) is 11.1 Å². The van der Waals surface area contributed by atoms with Crippen molar-refractivity contribution in [2.45, 2.75) is 19.4 Å². The number of rotatable bonds is 5. The lowest BCUT2D eigenvalue weighted by molar-refractivity contribution is -0.384. The minimum Gasteiger partial charge on any atom is -0.382 e. The van der Waals surface area contributed by atoms with Gasteiger partial charge >= 0.3 is 0 Å². The van der Waals surface area contributed by atoms with E-state index in [-0.39, 0.29) is 29.6 Å². The van der Waals surface area contributed by atoms with Gasteiger partial charge in [0.2, 0.25) is 0 Å². The van der Waals surface area contributed by atoms with Gasteiger partial charge in [-0.1, -0.05) is 17.3 Å². The van der Waals surface area contributed by atoms with Gasteiger partial charge < -0.3 is 15.0 Å². The van der Waals surface area contributed by atoms with Crippen LogP contribution in [0, 0.1) is 17.0 Å². The molecule has 0 saturated carbocycles. The zero-order valence-electron chi connectivity index (χ0n) is 12.0. The van der Waals surface area contributed by atoms with E-state index in [1.54, 1.807) is 32.0 Å². The van der Waals surface area contributed by atoms with Crippen LogP contribution in [0.1, 0.15) is 18.3 Å². The first-order valence-electron chi connectivity index (χ1n) is 6.23. The Morgan fingerprint density at radius 2 is 2.24 bits per heavy atom. The third-order valence-electron chi connectivity index (χ3n) is 3.03.